The van der Waals surface area contributed by atoms with Crippen LogP contribution in [0.15, 0.2) is 30.6 Å². The number of hydrogen-bond acceptors (Lipinski definition) is 5. The predicted octanol–water partition coefficient (Wildman–Crippen LogP) is 1.86. The average Bonchev–Trinajstić information content (AvgIpc) is 3.02. The Morgan fingerprint density at radius 1 is 1.45 bits per heavy atom. The van der Waals surface area contributed by atoms with Crippen LogP contribution in [0.1, 0.15) is 22.3 Å². The number of fused-ring (bicyclic) bond motifs is 1. The smallest absolute Gasteiger partial charge is 0.339 e. The quantitative estimate of drug-likeness (QED) is 0.448. The fraction of sp³-hybridized carbons (Fsp3) is 0.143. The summed E-state index contributed by atoms with van der Waals surface area (Å²) in [6.45, 7) is 1.46. The molecule has 0 aliphatic heterocycles. The maximum Gasteiger partial charge on any atom is 0.339 e. The first-order chi connectivity index (χ1) is 10.5. The molecule has 3 rings (SSSR count). The van der Waals surface area contributed by atoms with Crippen LogP contribution in [0.4, 0.5) is 0 Å². The van der Waals surface area contributed by atoms with Gasteiger partial charge in [-0.1, -0.05) is 17.7 Å². The van der Waals surface area contributed by atoms with Gasteiger partial charge in [0.1, 0.15) is 6.54 Å². The van der Waals surface area contributed by atoms with E-state index in [0.717, 1.165) is 4.88 Å². The topological polar surface area (TPSA) is 76.3 Å². The summed E-state index contributed by atoms with van der Waals surface area (Å²) in [6.07, 6.45) is 3.23. The fourth-order valence-corrected chi connectivity index (χ4v) is 3.21. The highest BCUT2D eigenvalue weighted by atomic mass is 35.5. The highest BCUT2D eigenvalue weighted by Gasteiger charge is 2.33. The highest BCUT2D eigenvalue weighted by Crippen LogP contribution is 2.23. The molecular weight excluding hydrogens is 326 g/mol. The number of halogens is 1. The minimum Gasteiger partial charge on any atom is -0.474 e. The van der Waals surface area contributed by atoms with E-state index in [1.165, 1.54) is 22.7 Å². The Morgan fingerprint density at radius 3 is 2.86 bits per heavy atom. The molecule has 0 fully saturated rings. The maximum absolute atomic E-state index is 12.2. The van der Waals surface area contributed by atoms with Crippen molar-refractivity contribution < 1.29 is 19.1 Å². The summed E-state index contributed by atoms with van der Waals surface area (Å²) < 4.78 is 3.43. The lowest BCUT2D eigenvalue weighted by molar-refractivity contribution is -0.521. The third-order valence-electron chi connectivity index (χ3n) is 3.20. The van der Waals surface area contributed by atoms with Gasteiger partial charge in [-0.25, -0.2) is 9.55 Å². The SMILES string of the molecule is CC(=O)C(=O)c1c(O)[n+]2ccccc2n1Cc1cnc(Cl)s1. The first kappa shape index (κ1) is 14.7. The Balaban J connectivity index is 2.23. The zero-order valence-corrected chi connectivity index (χ0v) is 13.1. The molecule has 3 aromatic rings. The van der Waals surface area contributed by atoms with E-state index < -0.39 is 11.6 Å². The number of nitrogens with zero attached hydrogens (tertiary/aromatic N) is 3. The number of hydrogen-bond donors (Lipinski definition) is 1. The Kier molecular flexibility index (Phi) is 3.67. The van der Waals surface area contributed by atoms with E-state index in [2.05, 4.69) is 4.98 Å². The number of Topliss-reactive ketones (excluding diaryl/α,β-unsaturated/α-hetero) is 2. The number of carbonyl (C=O) groups is 2. The van der Waals surface area contributed by atoms with Gasteiger partial charge in [0.15, 0.2) is 4.47 Å². The van der Waals surface area contributed by atoms with Crippen molar-refractivity contribution in [2.45, 2.75) is 13.5 Å². The molecule has 112 valence electrons. The summed E-state index contributed by atoms with van der Waals surface area (Å²) >= 11 is 7.10. The molecule has 6 nitrogen and oxygen atoms in total. The molecule has 0 radical (unpaired) electrons. The van der Waals surface area contributed by atoms with Crippen molar-refractivity contribution in [3.8, 4) is 5.88 Å². The molecule has 0 aromatic carbocycles. The number of pyridine rings is 1. The van der Waals surface area contributed by atoms with Crippen molar-refractivity contribution in [2.75, 3.05) is 0 Å². The molecule has 0 atom stereocenters. The second-order valence-corrected chi connectivity index (χ2v) is 6.35. The molecule has 0 saturated heterocycles. The monoisotopic (exact) mass is 336 g/mol. The Hall–Kier alpha value is -2.25. The summed E-state index contributed by atoms with van der Waals surface area (Å²) in [4.78, 5) is 28.4. The van der Waals surface area contributed by atoms with Gasteiger partial charge in [0.05, 0.1) is 11.1 Å². The van der Waals surface area contributed by atoms with Crippen LogP contribution >= 0.6 is 22.9 Å². The van der Waals surface area contributed by atoms with Gasteiger partial charge in [-0.2, -0.15) is 4.40 Å². The van der Waals surface area contributed by atoms with Crippen molar-refractivity contribution in [1.29, 1.82) is 0 Å². The molecular formula is C14H11ClN3O3S+. The fourth-order valence-electron chi connectivity index (χ4n) is 2.25. The molecule has 0 aliphatic carbocycles. The van der Waals surface area contributed by atoms with E-state index in [-0.39, 0.29) is 18.1 Å². The van der Waals surface area contributed by atoms with Gasteiger partial charge >= 0.3 is 5.88 Å². The van der Waals surface area contributed by atoms with Crippen LogP contribution in [0, 0.1) is 0 Å². The number of rotatable bonds is 4. The third-order valence-corrected chi connectivity index (χ3v) is 4.30. The minimum atomic E-state index is -0.739. The second kappa shape index (κ2) is 5.51. The number of thiazole rings is 1. The van der Waals surface area contributed by atoms with Gasteiger partial charge < -0.3 is 5.11 Å². The normalized spacial score (nSPS) is 11.0. The summed E-state index contributed by atoms with van der Waals surface area (Å²) in [5.74, 6) is -1.63. The number of aromatic hydroxyl groups is 1. The first-order valence-corrected chi connectivity index (χ1v) is 7.56. The second-order valence-electron chi connectivity index (χ2n) is 4.65. The third kappa shape index (κ3) is 2.38. The van der Waals surface area contributed by atoms with E-state index in [9.17, 15) is 14.7 Å². The molecule has 3 aromatic heterocycles. The summed E-state index contributed by atoms with van der Waals surface area (Å²) in [5.41, 5.74) is 0.553. The summed E-state index contributed by atoms with van der Waals surface area (Å²) in [5, 5.41) is 10.3. The van der Waals surface area contributed by atoms with Crippen molar-refractivity contribution in [1.82, 2.24) is 9.55 Å². The summed E-state index contributed by atoms with van der Waals surface area (Å²) in [7, 11) is 0. The lowest BCUT2D eigenvalue weighted by Crippen LogP contribution is -2.19. The van der Waals surface area contributed by atoms with E-state index >= 15 is 0 Å². The molecule has 0 amide bonds. The number of ketones is 2. The van der Waals surface area contributed by atoms with Gasteiger partial charge in [-0.05, 0) is 6.07 Å². The number of imidazole rings is 1. The molecule has 0 spiro atoms. The molecule has 8 heteroatoms. The van der Waals surface area contributed by atoms with Crippen LogP contribution in [0.2, 0.25) is 4.47 Å². The standard InChI is InChI=1S/C14H10ClN3O3S/c1-8(19)12(20)11-13(21)17-5-3-2-4-10(17)18(11)7-9-6-16-14(15)22-9/h2-6H,7H2,1H3/p+1. The van der Waals surface area contributed by atoms with Gasteiger partial charge in [0.25, 0.3) is 17.1 Å². The van der Waals surface area contributed by atoms with E-state index in [1.54, 1.807) is 35.2 Å². The number of aromatic nitrogens is 3. The Labute approximate surface area is 134 Å². The van der Waals surface area contributed by atoms with Crippen LogP contribution in [-0.4, -0.2) is 26.2 Å². The lowest BCUT2D eigenvalue weighted by Gasteiger charge is -1.98. The molecule has 3 heterocycles. The van der Waals surface area contributed by atoms with Crippen LogP contribution < -0.4 is 4.40 Å². The van der Waals surface area contributed by atoms with E-state index in [1.807, 2.05) is 0 Å². The van der Waals surface area contributed by atoms with E-state index in [4.69, 9.17) is 11.6 Å². The maximum atomic E-state index is 12.2. The Morgan fingerprint density at radius 2 is 2.23 bits per heavy atom. The largest absolute Gasteiger partial charge is 0.474 e. The number of carbonyl (C=O) groups excluding carboxylic acids is 2. The van der Waals surface area contributed by atoms with Gasteiger partial charge in [0, 0.05) is 19.2 Å². The van der Waals surface area contributed by atoms with Crippen LogP contribution in [0.3, 0.4) is 0 Å². The van der Waals surface area contributed by atoms with E-state index in [0.29, 0.717) is 10.1 Å². The van der Waals surface area contributed by atoms with Crippen LogP contribution in [0.25, 0.3) is 5.65 Å². The summed E-state index contributed by atoms with van der Waals surface area (Å²) in [6, 6.07) is 5.26. The van der Waals surface area contributed by atoms with Crippen LogP contribution in [-0.2, 0) is 11.3 Å². The zero-order valence-electron chi connectivity index (χ0n) is 11.5. The highest BCUT2D eigenvalue weighted by molar-refractivity contribution is 7.15. The molecule has 0 unspecified atom stereocenters. The van der Waals surface area contributed by atoms with Crippen molar-refractivity contribution in [3.05, 3.63) is 45.6 Å². The van der Waals surface area contributed by atoms with Gasteiger partial charge in [0.2, 0.25) is 5.78 Å². The lowest BCUT2D eigenvalue weighted by atomic mass is 10.2. The Bertz CT molecular complexity index is 900. The van der Waals surface area contributed by atoms with Crippen LogP contribution in [0.5, 0.6) is 5.88 Å². The van der Waals surface area contributed by atoms with Crippen molar-refractivity contribution in [3.63, 3.8) is 0 Å². The predicted molar refractivity (Wildman–Crippen MR) is 80.5 cm³/mol. The minimum absolute atomic E-state index is 0.0387. The molecule has 0 aliphatic rings. The van der Waals surface area contributed by atoms with Gasteiger partial charge in [-0.3, -0.25) is 9.59 Å². The van der Waals surface area contributed by atoms with Crippen molar-refractivity contribution >= 4 is 40.2 Å². The first-order valence-electron chi connectivity index (χ1n) is 6.36. The molecule has 0 saturated carbocycles. The zero-order chi connectivity index (χ0) is 15.9. The van der Waals surface area contributed by atoms with Gasteiger partial charge in [-0.15, -0.1) is 11.3 Å². The van der Waals surface area contributed by atoms with Crippen molar-refractivity contribution in [2.24, 2.45) is 0 Å². The molecule has 1 N–H and O–H groups in total. The molecule has 0 bridgehead atoms. The average molecular weight is 337 g/mol. The molecule has 22 heavy (non-hydrogen) atoms.